The van der Waals surface area contributed by atoms with Gasteiger partial charge in [0.05, 0.1) is 0 Å². The van der Waals surface area contributed by atoms with Crippen molar-refractivity contribution in [2.75, 3.05) is 5.32 Å². The number of fused-ring (bicyclic) bond motifs is 1. The highest BCUT2D eigenvalue weighted by Gasteiger charge is 2.24. The summed E-state index contributed by atoms with van der Waals surface area (Å²) < 4.78 is 1.47. The van der Waals surface area contributed by atoms with E-state index >= 15 is 0 Å². The molecule has 0 radical (unpaired) electrons. The summed E-state index contributed by atoms with van der Waals surface area (Å²) in [6, 6.07) is 22.9. The maximum atomic E-state index is 13.1. The van der Waals surface area contributed by atoms with Gasteiger partial charge < -0.3 is 5.32 Å². The van der Waals surface area contributed by atoms with Crippen LogP contribution in [0.2, 0.25) is 0 Å². The predicted octanol–water partition coefficient (Wildman–Crippen LogP) is 3.62. The van der Waals surface area contributed by atoms with Crippen molar-refractivity contribution in [1.29, 1.82) is 0 Å². The van der Waals surface area contributed by atoms with Crippen LogP contribution in [0.15, 0.2) is 96.1 Å². The van der Waals surface area contributed by atoms with Crippen LogP contribution in [-0.4, -0.2) is 15.5 Å². The Balaban J connectivity index is 1.83. The number of carbonyl (C=O) groups is 1. The Morgan fingerprint density at radius 2 is 1.63 bits per heavy atom. The van der Waals surface area contributed by atoms with Crippen LogP contribution in [0.4, 0.5) is 5.82 Å². The normalized spacial score (nSPS) is 11.9. The van der Waals surface area contributed by atoms with Crippen LogP contribution in [0.25, 0.3) is 10.8 Å². The number of nitrogens with zero attached hydrogens (tertiary/aromatic N) is 2. The molecule has 0 spiro atoms. The smallest absolute Gasteiger partial charge is 0.259 e. The SMILES string of the molecule is O=C(Nc1ccccn1)C(c1ccccc1)n1ccc2ccccc2c1=O. The van der Waals surface area contributed by atoms with Crippen LogP contribution < -0.4 is 10.9 Å². The van der Waals surface area contributed by atoms with Gasteiger partial charge in [-0.25, -0.2) is 4.98 Å². The van der Waals surface area contributed by atoms with Gasteiger partial charge in [0.2, 0.25) is 0 Å². The summed E-state index contributed by atoms with van der Waals surface area (Å²) in [6.07, 6.45) is 3.27. The van der Waals surface area contributed by atoms with Crippen molar-refractivity contribution >= 4 is 22.5 Å². The molecule has 1 amide bonds. The van der Waals surface area contributed by atoms with E-state index in [2.05, 4.69) is 10.3 Å². The van der Waals surface area contributed by atoms with Crippen LogP contribution >= 0.6 is 0 Å². The van der Waals surface area contributed by atoms with Gasteiger partial charge >= 0.3 is 0 Å². The van der Waals surface area contributed by atoms with E-state index in [-0.39, 0.29) is 11.5 Å². The third-order valence-electron chi connectivity index (χ3n) is 4.40. The molecule has 132 valence electrons. The molecular formula is C22H17N3O2. The first-order valence-corrected chi connectivity index (χ1v) is 8.61. The Morgan fingerprint density at radius 3 is 2.41 bits per heavy atom. The molecule has 1 N–H and O–H groups in total. The highest BCUT2D eigenvalue weighted by atomic mass is 16.2. The number of hydrogen-bond donors (Lipinski definition) is 1. The van der Waals surface area contributed by atoms with Crippen LogP contribution in [-0.2, 0) is 4.79 Å². The lowest BCUT2D eigenvalue weighted by Crippen LogP contribution is -2.34. The third-order valence-corrected chi connectivity index (χ3v) is 4.40. The minimum Gasteiger partial charge on any atom is -0.309 e. The molecule has 2 aromatic carbocycles. The minimum absolute atomic E-state index is 0.210. The van der Waals surface area contributed by atoms with Gasteiger partial charge in [-0.3, -0.25) is 14.2 Å². The molecule has 27 heavy (non-hydrogen) atoms. The minimum atomic E-state index is -0.801. The molecule has 0 aliphatic carbocycles. The topological polar surface area (TPSA) is 64.0 Å². The van der Waals surface area contributed by atoms with Crippen molar-refractivity contribution in [3.63, 3.8) is 0 Å². The zero-order chi connectivity index (χ0) is 18.6. The molecule has 0 saturated heterocycles. The van der Waals surface area contributed by atoms with Crippen molar-refractivity contribution in [2.24, 2.45) is 0 Å². The Bertz CT molecular complexity index is 1140. The van der Waals surface area contributed by atoms with E-state index in [1.165, 1.54) is 4.57 Å². The first-order valence-electron chi connectivity index (χ1n) is 8.61. The highest BCUT2D eigenvalue weighted by Crippen LogP contribution is 2.20. The quantitative estimate of drug-likeness (QED) is 0.608. The van der Waals surface area contributed by atoms with E-state index in [0.717, 1.165) is 10.9 Å². The monoisotopic (exact) mass is 355 g/mol. The molecule has 4 aromatic rings. The van der Waals surface area contributed by atoms with E-state index < -0.39 is 6.04 Å². The molecule has 0 saturated carbocycles. The zero-order valence-corrected chi connectivity index (χ0v) is 14.4. The third kappa shape index (κ3) is 3.35. The van der Waals surface area contributed by atoms with Gasteiger partial charge in [0.1, 0.15) is 11.9 Å². The number of aromatic nitrogens is 2. The molecule has 1 atom stereocenters. The number of amides is 1. The number of benzene rings is 2. The molecule has 0 fully saturated rings. The molecule has 0 aliphatic rings. The molecule has 2 aromatic heterocycles. The summed E-state index contributed by atoms with van der Waals surface area (Å²) in [4.78, 5) is 30.3. The predicted molar refractivity (Wildman–Crippen MR) is 106 cm³/mol. The van der Waals surface area contributed by atoms with Crippen molar-refractivity contribution in [2.45, 2.75) is 6.04 Å². The van der Waals surface area contributed by atoms with Crippen molar-refractivity contribution in [3.8, 4) is 0 Å². The zero-order valence-electron chi connectivity index (χ0n) is 14.4. The largest absolute Gasteiger partial charge is 0.309 e. The van der Waals surface area contributed by atoms with Crippen LogP contribution in [0.3, 0.4) is 0 Å². The maximum absolute atomic E-state index is 13.1. The molecule has 4 rings (SSSR count). The number of hydrogen-bond acceptors (Lipinski definition) is 3. The van der Waals surface area contributed by atoms with Gasteiger partial charge in [-0.1, -0.05) is 54.6 Å². The number of rotatable bonds is 4. The Labute approximate surface area is 155 Å². The van der Waals surface area contributed by atoms with Gasteiger partial charge in [-0.15, -0.1) is 0 Å². The average molecular weight is 355 g/mol. The Kier molecular flexibility index (Phi) is 4.49. The van der Waals surface area contributed by atoms with Gasteiger partial charge in [-0.2, -0.15) is 0 Å². The molecule has 0 aliphatic heterocycles. The van der Waals surface area contributed by atoms with Gasteiger partial charge in [0.25, 0.3) is 11.5 Å². The van der Waals surface area contributed by atoms with Gasteiger partial charge in [-0.05, 0) is 35.2 Å². The summed E-state index contributed by atoms with van der Waals surface area (Å²) in [5.41, 5.74) is 0.515. The molecule has 5 heteroatoms. The van der Waals surface area contributed by atoms with E-state index in [1.807, 2.05) is 54.6 Å². The standard InChI is InChI=1S/C22H17N3O2/c26-21(24-19-12-6-7-14-23-19)20(17-9-2-1-3-10-17)25-15-13-16-8-4-5-11-18(16)22(25)27/h1-15,20H,(H,23,24,26). The van der Waals surface area contributed by atoms with Crippen molar-refractivity contribution in [3.05, 3.63) is 107 Å². The van der Waals surface area contributed by atoms with Crippen LogP contribution in [0.1, 0.15) is 11.6 Å². The van der Waals surface area contributed by atoms with E-state index in [4.69, 9.17) is 0 Å². The van der Waals surface area contributed by atoms with Crippen LogP contribution in [0, 0.1) is 0 Å². The second-order valence-corrected chi connectivity index (χ2v) is 6.13. The maximum Gasteiger partial charge on any atom is 0.259 e. The fourth-order valence-corrected chi connectivity index (χ4v) is 3.11. The van der Waals surface area contributed by atoms with Crippen molar-refractivity contribution < 1.29 is 4.79 Å². The summed E-state index contributed by atoms with van der Waals surface area (Å²) in [5.74, 6) is 0.120. The lowest BCUT2D eigenvalue weighted by Gasteiger charge is -2.20. The number of carbonyl (C=O) groups excluding carboxylic acids is 1. The summed E-state index contributed by atoms with van der Waals surface area (Å²) in [7, 11) is 0. The van der Waals surface area contributed by atoms with E-state index in [0.29, 0.717) is 11.2 Å². The molecular weight excluding hydrogens is 338 g/mol. The Hall–Kier alpha value is -3.73. The first kappa shape index (κ1) is 16.7. The summed E-state index contributed by atoms with van der Waals surface area (Å²) >= 11 is 0. The molecule has 2 heterocycles. The number of pyridine rings is 2. The van der Waals surface area contributed by atoms with Crippen LogP contribution in [0.5, 0.6) is 0 Å². The van der Waals surface area contributed by atoms with Gasteiger partial charge in [0, 0.05) is 17.8 Å². The molecule has 5 nitrogen and oxygen atoms in total. The molecule has 0 bridgehead atoms. The Morgan fingerprint density at radius 1 is 0.889 bits per heavy atom. The fraction of sp³-hybridized carbons (Fsp3) is 0.0455. The fourth-order valence-electron chi connectivity index (χ4n) is 3.11. The van der Waals surface area contributed by atoms with E-state index in [1.54, 1.807) is 36.7 Å². The second kappa shape index (κ2) is 7.25. The van der Waals surface area contributed by atoms with E-state index in [9.17, 15) is 9.59 Å². The lowest BCUT2D eigenvalue weighted by molar-refractivity contribution is -0.118. The lowest BCUT2D eigenvalue weighted by atomic mass is 10.0. The summed E-state index contributed by atoms with van der Waals surface area (Å²) in [5, 5.41) is 4.22. The number of nitrogens with one attached hydrogen (secondary N) is 1. The van der Waals surface area contributed by atoms with Crippen molar-refractivity contribution in [1.82, 2.24) is 9.55 Å². The average Bonchev–Trinajstić information content (AvgIpc) is 2.72. The second-order valence-electron chi connectivity index (χ2n) is 6.13. The molecule has 1 unspecified atom stereocenters. The first-order chi connectivity index (χ1) is 13.2. The number of anilines is 1. The summed E-state index contributed by atoms with van der Waals surface area (Å²) in [6.45, 7) is 0. The van der Waals surface area contributed by atoms with Gasteiger partial charge in [0.15, 0.2) is 0 Å². The highest BCUT2D eigenvalue weighted by molar-refractivity contribution is 5.95.